The molecule has 1 aromatic carbocycles. The van der Waals surface area contributed by atoms with Crippen molar-refractivity contribution in [1.82, 2.24) is 4.98 Å². The number of carboxylic acid groups (broad SMARTS) is 1. The third-order valence-electron chi connectivity index (χ3n) is 3.49. The number of hydrogen-bond donors (Lipinski definition) is 2. The molecule has 6 nitrogen and oxygen atoms in total. The molecule has 0 spiro atoms. The number of H-pyrrole nitrogens is 1. The summed E-state index contributed by atoms with van der Waals surface area (Å²) in [5.41, 5.74) is 1.60. The van der Waals surface area contributed by atoms with Crippen LogP contribution in [0.3, 0.4) is 0 Å². The van der Waals surface area contributed by atoms with Crippen molar-refractivity contribution in [2.75, 3.05) is 11.4 Å². The number of carboxylic acids is 1. The Balaban J connectivity index is 2.00. The normalized spacial score (nSPS) is 13.0. The number of pyridine rings is 1. The molecule has 1 aliphatic heterocycles. The molecule has 1 aliphatic rings. The number of carbonyl (C=O) groups is 2. The number of amides is 1. The van der Waals surface area contributed by atoms with E-state index in [0.29, 0.717) is 18.7 Å². The molecule has 2 N–H and O–H groups in total. The molecular formula is C15H12N2O4. The quantitative estimate of drug-likeness (QED) is 0.869. The number of aromatic nitrogens is 1. The van der Waals surface area contributed by atoms with Crippen LogP contribution in [-0.4, -0.2) is 28.5 Å². The van der Waals surface area contributed by atoms with E-state index in [-0.39, 0.29) is 22.6 Å². The van der Waals surface area contributed by atoms with Crippen molar-refractivity contribution in [1.29, 1.82) is 0 Å². The average molecular weight is 284 g/mol. The Kier molecular flexibility index (Phi) is 3.06. The van der Waals surface area contributed by atoms with E-state index < -0.39 is 5.97 Å². The molecule has 2 aromatic rings. The van der Waals surface area contributed by atoms with E-state index in [4.69, 9.17) is 5.11 Å². The zero-order valence-electron chi connectivity index (χ0n) is 11.0. The van der Waals surface area contributed by atoms with E-state index in [9.17, 15) is 14.4 Å². The van der Waals surface area contributed by atoms with Crippen molar-refractivity contribution in [2.45, 2.75) is 6.42 Å². The number of nitrogens with one attached hydrogen (secondary N) is 1. The summed E-state index contributed by atoms with van der Waals surface area (Å²) in [6.07, 6.45) is 2.09. The fourth-order valence-electron chi connectivity index (χ4n) is 2.46. The van der Waals surface area contributed by atoms with Crippen LogP contribution in [0.15, 0.2) is 41.3 Å². The van der Waals surface area contributed by atoms with Gasteiger partial charge in [-0.1, -0.05) is 6.07 Å². The van der Waals surface area contributed by atoms with Gasteiger partial charge in [-0.25, -0.2) is 4.79 Å². The SMILES string of the molecule is O=C(O)c1ccc2c(c1)N(C(=O)c1cc[nH]c(=O)c1)CC2. The molecule has 0 fully saturated rings. The Morgan fingerprint density at radius 2 is 1.95 bits per heavy atom. The zero-order valence-corrected chi connectivity index (χ0v) is 11.0. The lowest BCUT2D eigenvalue weighted by Gasteiger charge is -2.17. The highest BCUT2D eigenvalue weighted by atomic mass is 16.4. The molecule has 0 radical (unpaired) electrons. The van der Waals surface area contributed by atoms with Crippen LogP contribution in [0.1, 0.15) is 26.3 Å². The second-order valence-corrected chi connectivity index (χ2v) is 4.80. The molecule has 0 aliphatic carbocycles. The summed E-state index contributed by atoms with van der Waals surface area (Å²) >= 11 is 0. The Morgan fingerprint density at radius 1 is 1.14 bits per heavy atom. The Bertz CT molecular complexity index is 794. The van der Waals surface area contributed by atoms with Crippen LogP contribution in [0.2, 0.25) is 0 Å². The van der Waals surface area contributed by atoms with Crippen LogP contribution in [0.25, 0.3) is 0 Å². The lowest BCUT2D eigenvalue weighted by atomic mass is 10.1. The van der Waals surface area contributed by atoms with E-state index >= 15 is 0 Å². The monoisotopic (exact) mass is 284 g/mol. The molecule has 0 saturated carbocycles. The molecular weight excluding hydrogens is 272 g/mol. The number of aromatic carboxylic acids is 1. The summed E-state index contributed by atoms with van der Waals surface area (Å²) in [6.45, 7) is 0.476. The van der Waals surface area contributed by atoms with Crippen molar-refractivity contribution in [2.24, 2.45) is 0 Å². The Hall–Kier alpha value is -2.89. The maximum absolute atomic E-state index is 12.5. The minimum absolute atomic E-state index is 0.138. The number of fused-ring (bicyclic) bond motifs is 1. The third kappa shape index (κ3) is 2.31. The Labute approximate surface area is 119 Å². The van der Waals surface area contributed by atoms with Crippen LogP contribution in [0, 0.1) is 0 Å². The van der Waals surface area contributed by atoms with Crippen LogP contribution < -0.4 is 10.5 Å². The molecule has 0 bridgehead atoms. The molecule has 6 heteroatoms. The maximum Gasteiger partial charge on any atom is 0.335 e. The van der Waals surface area contributed by atoms with Gasteiger partial charge in [-0.3, -0.25) is 9.59 Å². The molecule has 3 rings (SSSR count). The Morgan fingerprint density at radius 3 is 2.67 bits per heavy atom. The first kappa shape index (κ1) is 13.1. The van der Waals surface area contributed by atoms with E-state index in [0.717, 1.165) is 5.56 Å². The fraction of sp³-hybridized carbons (Fsp3) is 0.133. The van der Waals surface area contributed by atoms with Gasteiger partial charge in [-0.05, 0) is 30.2 Å². The maximum atomic E-state index is 12.5. The van der Waals surface area contributed by atoms with Gasteiger partial charge in [0.2, 0.25) is 5.56 Å². The summed E-state index contributed by atoms with van der Waals surface area (Å²) in [4.78, 5) is 38.8. The highest BCUT2D eigenvalue weighted by molar-refractivity contribution is 6.07. The lowest BCUT2D eigenvalue weighted by Crippen LogP contribution is -2.29. The summed E-state index contributed by atoms with van der Waals surface area (Å²) in [7, 11) is 0. The molecule has 0 saturated heterocycles. The van der Waals surface area contributed by atoms with E-state index in [2.05, 4.69) is 4.98 Å². The third-order valence-corrected chi connectivity index (χ3v) is 3.49. The molecule has 0 atom stereocenters. The molecule has 2 heterocycles. The second-order valence-electron chi connectivity index (χ2n) is 4.80. The minimum Gasteiger partial charge on any atom is -0.478 e. The number of aromatic amines is 1. The summed E-state index contributed by atoms with van der Waals surface area (Å²) in [5, 5.41) is 9.05. The molecule has 106 valence electrons. The minimum atomic E-state index is -1.03. The van der Waals surface area contributed by atoms with Crippen molar-refractivity contribution in [3.8, 4) is 0 Å². The number of nitrogens with zero attached hydrogens (tertiary/aromatic N) is 1. The molecule has 1 amide bonds. The smallest absolute Gasteiger partial charge is 0.335 e. The number of anilines is 1. The first-order valence-corrected chi connectivity index (χ1v) is 6.43. The lowest BCUT2D eigenvalue weighted by molar-refractivity contribution is 0.0696. The van der Waals surface area contributed by atoms with E-state index in [1.54, 1.807) is 6.07 Å². The highest BCUT2D eigenvalue weighted by Gasteiger charge is 2.26. The number of hydrogen-bond acceptors (Lipinski definition) is 3. The van der Waals surface area contributed by atoms with Gasteiger partial charge in [0.15, 0.2) is 0 Å². The fourth-order valence-corrected chi connectivity index (χ4v) is 2.46. The van der Waals surface area contributed by atoms with Crippen LogP contribution in [0.5, 0.6) is 0 Å². The summed E-state index contributed by atoms with van der Waals surface area (Å²) < 4.78 is 0. The number of carbonyl (C=O) groups excluding carboxylic acids is 1. The van der Waals surface area contributed by atoms with Crippen molar-refractivity contribution < 1.29 is 14.7 Å². The van der Waals surface area contributed by atoms with Crippen molar-refractivity contribution in [3.63, 3.8) is 0 Å². The van der Waals surface area contributed by atoms with Gasteiger partial charge in [-0.2, -0.15) is 0 Å². The zero-order chi connectivity index (χ0) is 15.0. The van der Waals surface area contributed by atoms with Gasteiger partial charge in [0, 0.05) is 30.1 Å². The first-order chi connectivity index (χ1) is 10.1. The van der Waals surface area contributed by atoms with Gasteiger partial charge in [0.05, 0.1) is 5.56 Å². The van der Waals surface area contributed by atoms with Crippen LogP contribution in [-0.2, 0) is 6.42 Å². The largest absolute Gasteiger partial charge is 0.478 e. The average Bonchev–Trinajstić information content (AvgIpc) is 2.89. The van der Waals surface area contributed by atoms with Gasteiger partial charge in [0.1, 0.15) is 0 Å². The van der Waals surface area contributed by atoms with Gasteiger partial charge in [0.25, 0.3) is 5.91 Å². The van der Waals surface area contributed by atoms with Gasteiger partial charge in [-0.15, -0.1) is 0 Å². The summed E-state index contributed by atoms with van der Waals surface area (Å²) in [6, 6.07) is 7.52. The van der Waals surface area contributed by atoms with Gasteiger partial charge < -0.3 is 15.0 Å². The second kappa shape index (κ2) is 4.90. The van der Waals surface area contributed by atoms with Crippen molar-refractivity contribution >= 4 is 17.6 Å². The van der Waals surface area contributed by atoms with Crippen molar-refractivity contribution in [3.05, 3.63) is 63.6 Å². The molecule has 21 heavy (non-hydrogen) atoms. The first-order valence-electron chi connectivity index (χ1n) is 6.43. The predicted octanol–water partition coefficient (Wildman–Crippen LogP) is 1.28. The predicted molar refractivity (Wildman–Crippen MR) is 75.8 cm³/mol. The number of rotatable bonds is 2. The highest BCUT2D eigenvalue weighted by Crippen LogP contribution is 2.30. The number of benzene rings is 1. The van der Waals surface area contributed by atoms with E-state index in [1.807, 2.05) is 0 Å². The van der Waals surface area contributed by atoms with Gasteiger partial charge >= 0.3 is 5.97 Å². The van der Waals surface area contributed by atoms with E-state index in [1.165, 1.54) is 35.4 Å². The van der Waals surface area contributed by atoms with Crippen LogP contribution in [0.4, 0.5) is 5.69 Å². The standard InChI is InChI=1S/C15H12N2O4/c18-13-8-10(3-5-16-13)14(19)17-6-4-9-1-2-11(15(20)21)7-12(9)17/h1-3,5,7-8H,4,6H2,(H,16,18)(H,20,21). The molecule has 1 aromatic heterocycles. The summed E-state index contributed by atoms with van der Waals surface area (Å²) in [5.74, 6) is -1.34. The van der Waals surface area contributed by atoms with Crippen LogP contribution >= 0.6 is 0 Å². The molecule has 0 unspecified atom stereocenters. The topological polar surface area (TPSA) is 90.5 Å².